The Balaban J connectivity index is 2.47. The molecule has 0 amide bonds. The topological polar surface area (TPSA) is 35.5 Å². The van der Waals surface area contributed by atoms with E-state index in [4.69, 9.17) is 4.74 Å². The highest BCUT2D eigenvalue weighted by Gasteiger charge is 2.24. The van der Waals surface area contributed by atoms with E-state index in [-0.39, 0.29) is 6.61 Å². The molecule has 0 spiro atoms. The molecule has 3 nitrogen and oxygen atoms in total. The maximum Gasteiger partial charge on any atom is 0.305 e. The Morgan fingerprint density at radius 2 is 1.94 bits per heavy atom. The number of rotatable bonds is 5. The molecule has 0 radical (unpaired) electrons. The summed E-state index contributed by atoms with van der Waals surface area (Å²) in [5, 5.41) is 0. The van der Waals surface area contributed by atoms with Crippen molar-refractivity contribution in [1.82, 2.24) is 0 Å². The molecule has 0 heterocycles. The zero-order valence-corrected chi connectivity index (χ0v) is 8.73. The fourth-order valence-electron chi connectivity index (χ4n) is 1.07. The number of alkyl halides is 2. The van der Waals surface area contributed by atoms with Crippen LogP contribution in [0, 0.1) is 0 Å². The molecule has 0 saturated carbocycles. The Morgan fingerprint density at radius 1 is 1.31 bits per heavy atom. The average Bonchev–Trinajstić information content (AvgIpc) is 2.25. The quantitative estimate of drug-likeness (QED) is 0.575. The van der Waals surface area contributed by atoms with E-state index >= 15 is 0 Å². The maximum atomic E-state index is 12.4. The first-order valence-corrected chi connectivity index (χ1v) is 4.70. The van der Waals surface area contributed by atoms with Gasteiger partial charge in [-0.2, -0.15) is 0 Å². The third kappa shape index (κ3) is 4.35. The number of hydrogen-bond donors (Lipinski definition) is 0. The number of ether oxygens (including phenoxy) is 2. The minimum atomic E-state index is -2.85. The number of carbonyl (C=O) groups excluding carboxylic acids is 1. The Labute approximate surface area is 92.0 Å². The van der Waals surface area contributed by atoms with Crippen LogP contribution < -0.4 is 0 Å². The van der Waals surface area contributed by atoms with E-state index in [0.29, 0.717) is 0 Å². The van der Waals surface area contributed by atoms with E-state index in [1.54, 1.807) is 30.3 Å². The molecule has 0 aliphatic carbocycles. The summed E-state index contributed by atoms with van der Waals surface area (Å²) in [5.41, 5.74) is 0.736. The minimum absolute atomic E-state index is 0.0247. The molecule has 88 valence electrons. The molecule has 1 rings (SSSR count). The van der Waals surface area contributed by atoms with Gasteiger partial charge in [0, 0.05) is 6.92 Å². The van der Waals surface area contributed by atoms with Gasteiger partial charge in [-0.25, -0.2) is 8.78 Å². The Kier molecular flexibility index (Phi) is 4.85. The van der Waals surface area contributed by atoms with Gasteiger partial charge < -0.3 is 9.47 Å². The molecular formula is C11H12F2O3. The summed E-state index contributed by atoms with van der Waals surface area (Å²) in [6.45, 7) is 1.03. The minimum Gasteiger partial charge on any atom is -0.430 e. The van der Waals surface area contributed by atoms with Crippen LogP contribution in [0.25, 0.3) is 0 Å². The van der Waals surface area contributed by atoms with Gasteiger partial charge in [-0.05, 0) is 5.56 Å². The largest absolute Gasteiger partial charge is 0.430 e. The lowest BCUT2D eigenvalue weighted by molar-refractivity contribution is -0.212. The number of benzene rings is 1. The summed E-state index contributed by atoms with van der Waals surface area (Å²) in [7, 11) is 0. The third-order valence-electron chi connectivity index (χ3n) is 1.74. The molecule has 1 aromatic rings. The summed E-state index contributed by atoms with van der Waals surface area (Å²) in [4.78, 5) is 10.5. The van der Waals surface area contributed by atoms with E-state index < -0.39 is 18.7 Å². The molecule has 0 aliphatic heterocycles. The maximum absolute atomic E-state index is 12.4. The van der Waals surface area contributed by atoms with Crippen LogP contribution in [0.5, 0.6) is 0 Å². The summed E-state index contributed by atoms with van der Waals surface area (Å²) >= 11 is 0. The summed E-state index contributed by atoms with van der Waals surface area (Å²) in [5.74, 6) is -0.793. The molecule has 0 bridgehead atoms. The first-order chi connectivity index (χ1) is 7.59. The van der Waals surface area contributed by atoms with Crippen molar-refractivity contribution in [3.8, 4) is 0 Å². The third-order valence-corrected chi connectivity index (χ3v) is 1.74. The Hall–Kier alpha value is -1.49. The predicted octanol–water partition coefficient (Wildman–Crippen LogP) is 2.36. The molecule has 16 heavy (non-hydrogen) atoms. The lowest BCUT2D eigenvalue weighted by atomic mass is 10.2. The van der Waals surface area contributed by atoms with Crippen LogP contribution in [0.3, 0.4) is 0 Å². The second kappa shape index (κ2) is 6.17. The highest BCUT2D eigenvalue weighted by molar-refractivity contribution is 5.66. The van der Waals surface area contributed by atoms with Gasteiger partial charge in [-0.3, -0.25) is 4.79 Å². The van der Waals surface area contributed by atoms with E-state index in [2.05, 4.69) is 4.74 Å². The zero-order valence-electron chi connectivity index (χ0n) is 8.73. The van der Waals surface area contributed by atoms with Crippen molar-refractivity contribution in [3.05, 3.63) is 35.9 Å². The van der Waals surface area contributed by atoms with Gasteiger partial charge >= 0.3 is 5.97 Å². The standard InChI is InChI=1S/C11H12F2O3/c1-8(14)16-11(10(12)13)15-7-9-5-3-2-4-6-9/h2-6,10-11H,7H2,1H3. The predicted molar refractivity (Wildman–Crippen MR) is 52.8 cm³/mol. The lowest BCUT2D eigenvalue weighted by Crippen LogP contribution is -2.27. The number of esters is 1. The molecule has 1 aromatic carbocycles. The molecule has 0 N–H and O–H groups in total. The zero-order chi connectivity index (χ0) is 12.0. The SMILES string of the molecule is CC(=O)OC(OCc1ccccc1)C(F)F. The lowest BCUT2D eigenvalue weighted by Gasteiger charge is -2.16. The van der Waals surface area contributed by atoms with Gasteiger partial charge in [0.25, 0.3) is 12.7 Å². The highest BCUT2D eigenvalue weighted by Crippen LogP contribution is 2.11. The average molecular weight is 230 g/mol. The van der Waals surface area contributed by atoms with Crippen molar-refractivity contribution in [3.63, 3.8) is 0 Å². The first-order valence-electron chi connectivity index (χ1n) is 4.70. The molecular weight excluding hydrogens is 218 g/mol. The van der Waals surface area contributed by atoms with Gasteiger partial charge in [-0.1, -0.05) is 30.3 Å². The molecule has 0 aliphatic rings. The smallest absolute Gasteiger partial charge is 0.305 e. The monoisotopic (exact) mass is 230 g/mol. The second-order valence-corrected chi connectivity index (χ2v) is 3.11. The van der Waals surface area contributed by atoms with Gasteiger partial charge in [0.1, 0.15) is 0 Å². The van der Waals surface area contributed by atoms with Crippen LogP contribution in [-0.4, -0.2) is 18.7 Å². The van der Waals surface area contributed by atoms with Crippen molar-refractivity contribution in [2.75, 3.05) is 0 Å². The van der Waals surface area contributed by atoms with Crippen LogP contribution in [0.1, 0.15) is 12.5 Å². The van der Waals surface area contributed by atoms with Gasteiger partial charge in [0.15, 0.2) is 0 Å². The number of carbonyl (C=O) groups is 1. The summed E-state index contributed by atoms with van der Waals surface area (Å²) < 4.78 is 33.8. The van der Waals surface area contributed by atoms with Crippen LogP contribution in [0.4, 0.5) is 8.78 Å². The van der Waals surface area contributed by atoms with E-state index in [1.807, 2.05) is 0 Å². The van der Waals surface area contributed by atoms with Crippen molar-refractivity contribution < 1.29 is 23.0 Å². The van der Waals surface area contributed by atoms with E-state index in [0.717, 1.165) is 12.5 Å². The molecule has 0 fully saturated rings. The second-order valence-electron chi connectivity index (χ2n) is 3.11. The van der Waals surface area contributed by atoms with Crippen molar-refractivity contribution in [2.24, 2.45) is 0 Å². The van der Waals surface area contributed by atoms with E-state index in [1.165, 1.54) is 0 Å². The fraction of sp³-hybridized carbons (Fsp3) is 0.364. The van der Waals surface area contributed by atoms with Crippen molar-refractivity contribution in [1.29, 1.82) is 0 Å². The molecule has 5 heteroatoms. The first kappa shape index (κ1) is 12.6. The van der Waals surface area contributed by atoms with Crippen LogP contribution in [-0.2, 0) is 20.9 Å². The number of halogens is 2. The molecule has 1 unspecified atom stereocenters. The molecule has 0 aromatic heterocycles. The van der Waals surface area contributed by atoms with Gasteiger partial charge in [0.2, 0.25) is 0 Å². The van der Waals surface area contributed by atoms with Crippen LogP contribution in [0.2, 0.25) is 0 Å². The van der Waals surface area contributed by atoms with Crippen molar-refractivity contribution in [2.45, 2.75) is 26.2 Å². The van der Waals surface area contributed by atoms with E-state index in [9.17, 15) is 13.6 Å². The van der Waals surface area contributed by atoms with Crippen LogP contribution in [0.15, 0.2) is 30.3 Å². The van der Waals surface area contributed by atoms with Gasteiger partial charge in [0.05, 0.1) is 6.61 Å². The normalized spacial score (nSPS) is 12.5. The fourth-order valence-corrected chi connectivity index (χ4v) is 1.07. The molecule has 0 saturated heterocycles. The summed E-state index contributed by atoms with van der Waals surface area (Å²) in [6.07, 6.45) is -4.66. The van der Waals surface area contributed by atoms with Crippen LogP contribution >= 0.6 is 0 Å². The summed E-state index contributed by atoms with van der Waals surface area (Å²) in [6, 6.07) is 8.80. The Morgan fingerprint density at radius 3 is 2.44 bits per heavy atom. The molecule has 1 atom stereocenters. The van der Waals surface area contributed by atoms with Gasteiger partial charge in [-0.15, -0.1) is 0 Å². The highest BCUT2D eigenvalue weighted by atomic mass is 19.3. The number of hydrogen-bond acceptors (Lipinski definition) is 3. The Bertz CT molecular complexity index is 327. The van der Waals surface area contributed by atoms with Crippen molar-refractivity contribution >= 4 is 5.97 Å².